The molecule has 7 nitrogen and oxygen atoms in total. The number of anilines is 1. The molecule has 2 aromatic rings. The van der Waals surface area contributed by atoms with Crippen molar-refractivity contribution in [2.75, 3.05) is 26.1 Å². The first-order valence-corrected chi connectivity index (χ1v) is 8.98. The van der Waals surface area contributed by atoms with Crippen LogP contribution in [0.2, 0.25) is 0 Å². The van der Waals surface area contributed by atoms with Gasteiger partial charge in [0.2, 0.25) is 0 Å². The average Bonchev–Trinajstić information content (AvgIpc) is 2.70. The fraction of sp³-hybridized carbons (Fsp3) is 0.333. The van der Waals surface area contributed by atoms with Crippen LogP contribution >= 0.6 is 0 Å². The summed E-state index contributed by atoms with van der Waals surface area (Å²) in [6.45, 7) is 2.49. The van der Waals surface area contributed by atoms with E-state index in [4.69, 9.17) is 19.3 Å². The minimum Gasteiger partial charge on any atom is -0.497 e. The normalized spacial score (nSPS) is 10.2. The lowest BCUT2D eigenvalue weighted by Gasteiger charge is -2.14. The molecule has 0 saturated heterocycles. The molecular weight excluding hydrogens is 362 g/mol. The third-order valence-corrected chi connectivity index (χ3v) is 4.00. The van der Waals surface area contributed by atoms with Gasteiger partial charge < -0.3 is 24.6 Å². The van der Waals surface area contributed by atoms with Crippen LogP contribution in [0.1, 0.15) is 35.7 Å². The van der Waals surface area contributed by atoms with E-state index in [9.17, 15) is 9.59 Å². The Morgan fingerprint density at radius 3 is 2.29 bits per heavy atom. The Labute approximate surface area is 164 Å². The highest BCUT2D eigenvalue weighted by molar-refractivity contribution is 6.05. The molecule has 1 amide bonds. The van der Waals surface area contributed by atoms with Gasteiger partial charge in [-0.05, 0) is 42.7 Å². The molecule has 150 valence electrons. The van der Waals surface area contributed by atoms with Crippen LogP contribution in [-0.2, 0) is 11.2 Å². The monoisotopic (exact) mass is 387 g/mol. The summed E-state index contributed by atoms with van der Waals surface area (Å²) in [4.78, 5) is 23.6. The highest BCUT2D eigenvalue weighted by atomic mass is 16.5. The second-order valence-electron chi connectivity index (χ2n) is 6.13. The van der Waals surface area contributed by atoms with Crippen molar-refractivity contribution in [2.24, 2.45) is 0 Å². The number of methoxy groups -OCH3 is 2. The minimum atomic E-state index is -0.875. The molecule has 0 heterocycles. The number of benzene rings is 2. The molecule has 2 N–H and O–H groups in total. The summed E-state index contributed by atoms with van der Waals surface area (Å²) >= 11 is 0. The van der Waals surface area contributed by atoms with Crippen molar-refractivity contribution < 1.29 is 28.9 Å². The van der Waals surface area contributed by atoms with Gasteiger partial charge in [-0.1, -0.05) is 13.0 Å². The number of carbonyl (C=O) groups is 2. The highest BCUT2D eigenvalue weighted by Gasteiger charge is 2.14. The standard InChI is InChI=1S/C21H25NO6/c1-4-9-28-19-7-5-14(6-8-20(23)24)10-18(19)22-21(25)15-11-16(26-2)13-17(12-15)27-3/h5,7,10-13H,4,6,8-9H2,1-3H3,(H,22,25)(H,23,24). The molecule has 28 heavy (non-hydrogen) atoms. The summed E-state index contributed by atoms with van der Waals surface area (Å²) in [5.74, 6) is 0.308. The van der Waals surface area contributed by atoms with Gasteiger partial charge in [-0.25, -0.2) is 0 Å². The Hall–Kier alpha value is -3.22. The lowest BCUT2D eigenvalue weighted by Crippen LogP contribution is -2.14. The van der Waals surface area contributed by atoms with E-state index in [1.165, 1.54) is 14.2 Å². The number of carboxylic acids is 1. The predicted octanol–water partition coefficient (Wildman–Crippen LogP) is 3.76. The topological polar surface area (TPSA) is 94.1 Å². The summed E-state index contributed by atoms with van der Waals surface area (Å²) in [6, 6.07) is 10.2. The van der Waals surface area contributed by atoms with Gasteiger partial charge in [0.05, 0.1) is 26.5 Å². The molecular formula is C21H25NO6. The molecule has 0 unspecified atom stereocenters. The zero-order valence-corrected chi connectivity index (χ0v) is 16.3. The van der Waals surface area contributed by atoms with Crippen molar-refractivity contribution in [1.82, 2.24) is 0 Å². The number of ether oxygens (including phenoxy) is 3. The number of amides is 1. The first kappa shape index (κ1) is 21.1. The Morgan fingerprint density at radius 2 is 1.71 bits per heavy atom. The van der Waals surface area contributed by atoms with Gasteiger partial charge in [-0.15, -0.1) is 0 Å². The Morgan fingerprint density at radius 1 is 1.04 bits per heavy atom. The highest BCUT2D eigenvalue weighted by Crippen LogP contribution is 2.29. The summed E-state index contributed by atoms with van der Waals surface area (Å²) in [5, 5.41) is 11.7. The maximum Gasteiger partial charge on any atom is 0.303 e. The number of nitrogens with one attached hydrogen (secondary N) is 1. The Bertz CT molecular complexity index is 811. The molecule has 0 saturated carbocycles. The molecule has 0 aromatic heterocycles. The first-order valence-electron chi connectivity index (χ1n) is 8.98. The summed E-state index contributed by atoms with van der Waals surface area (Å²) < 4.78 is 16.1. The van der Waals surface area contributed by atoms with Crippen molar-refractivity contribution >= 4 is 17.6 Å². The van der Waals surface area contributed by atoms with Crippen molar-refractivity contribution in [2.45, 2.75) is 26.2 Å². The van der Waals surface area contributed by atoms with E-state index in [1.807, 2.05) is 6.92 Å². The molecule has 7 heteroatoms. The molecule has 0 atom stereocenters. The van der Waals surface area contributed by atoms with Crippen LogP contribution in [0, 0.1) is 0 Å². The molecule has 0 fully saturated rings. The van der Waals surface area contributed by atoms with Gasteiger partial charge in [0, 0.05) is 18.1 Å². The fourth-order valence-electron chi connectivity index (χ4n) is 2.55. The zero-order valence-electron chi connectivity index (χ0n) is 16.3. The smallest absolute Gasteiger partial charge is 0.303 e. The first-order chi connectivity index (χ1) is 13.5. The van der Waals surface area contributed by atoms with E-state index in [-0.39, 0.29) is 12.3 Å². The predicted molar refractivity (Wildman–Crippen MR) is 106 cm³/mol. The summed E-state index contributed by atoms with van der Waals surface area (Å²) in [6.07, 6.45) is 1.19. The number of rotatable bonds is 10. The molecule has 0 aliphatic heterocycles. The zero-order chi connectivity index (χ0) is 20.5. The minimum absolute atomic E-state index is 0.00956. The SMILES string of the molecule is CCCOc1ccc(CCC(=O)O)cc1NC(=O)c1cc(OC)cc(OC)c1. The van der Waals surface area contributed by atoms with Gasteiger partial charge >= 0.3 is 5.97 Å². The van der Waals surface area contributed by atoms with E-state index in [0.29, 0.717) is 41.5 Å². The van der Waals surface area contributed by atoms with E-state index < -0.39 is 5.97 Å². The number of aliphatic carboxylic acids is 1. The van der Waals surface area contributed by atoms with Crippen LogP contribution in [0.3, 0.4) is 0 Å². The second-order valence-corrected chi connectivity index (χ2v) is 6.13. The van der Waals surface area contributed by atoms with E-state index >= 15 is 0 Å². The maximum atomic E-state index is 12.8. The van der Waals surface area contributed by atoms with E-state index in [2.05, 4.69) is 5.32 Å². The van der Waals surface area contributed by atoms with Gasteiger partial charge in [0.15, 0.2) is 0 Å². The second kappa shape index (κ2) is 10.2. The van der Waals surface area contributed by atoms with Gasteiger partial charge in [-0.3, -0.25) is 9.59 Å². The molecule has 2 aromatic carbocycles. The van der Waals surface area contributed by atoms with Crippen LogP contribution in [0.25, 0.3) is 0 Å². The van der Waals surface area contributed by atoms with Crippen molar-refractivity contribution in [3.63, 3.8) is 0 Å². The van der Waals surface area contributed by atoms with Gasteiger partial charge in [-0.2, -0.15) is 0 Å². The number of carboxylic acid groups (broad SMARTS) is 1. The number of aryl methyl sites for hydroxylation is 1. The Balaban J connectivity index is 2.29. The average molecular weight is 387 g/mol. The molecule has 0 radical (unpaired) electrons. The molecule has 0 spiro atoms. The molecule has 0 aliphatic rings. The third-order valence-electron chi connectivity index (χ3n) is 4.00. The lowest BCUT2D eigenvalue weighted by molar-refractivity contribution is -0.136. The van der Waals surface area contributed by atoms with Gasteiger partial charge in [0.1, 0.15) is 17.2 Å². The lowest BCUT2D eigenvalue weighted by atomic mass is 10.1. The van der Waals surface area contributed by atoms with Crippen LogP contribution in [0.15, 0.2) is 36.4 Å². The van der Waals surface area contributed by atoms with E-state index in [0.717, 1.165) is 12.0 Å². The van der Waals surface area contributed by atoms with Crippen molar-refractivity contribution in [3.05, 3.63) is 47.5 Å². The molecule has 0 aliphatic carbocycles. The number of hydrogen-bond acceptors (Lipinski definition) is 5. The van der Waals surface area contributed by atoms with Crippen LogP contribution in [0.5, 0.6) is 17.2 Å². The summed E-state index contributed by atoms with van der Waals surface area (Å²) in [7, 11) is 3.03. The Kier molecular flexibility index (Phi) is 7.68. The number of carbonyl (C=O) groups excluding carboxylic acids is 1. The van der Waals surface area contributed by atoms with Crippen molar-refractivity contribution in [1.29, 1.82) is 0 Å². The van der Waals surface area contributed by atoms with Crippen molar-refractivity contribution in [3.8, 4) is 17.2 Å². The maximum absolute atomic E-state index is 12.8. The van der Waals surface area contributed by atoms with Crippen LogP contribution < -0.4 is 19.5 Å². The molecule has 2 rings (SSSR count). The quantitative estimate of drug-likeness (QED) is 0.645. The number of hydrogen-bond donors (Lipinski definition) is 2. The van der Waals surface area contributed by atoms with Crippen LogP contribution in [0.4, 0.5) is 5.69 Å². The summed E-state index contributed by atoms with van der Waals surface area (Å²) in [5.41, 5.74) is 1.65. The third kappa shape index (κ3) is 5.90. The largest absolute Gasteiger partial charge is 0.497 e. The van der Waals surface area contributed by atoms with Crippen LogP contribution in [-0.4, -0.2) is 37.8 Å². The van der Waals surface area contributed by atoms with Gasteiger partial charge in [0.25, 0.3) is 5.91 Å². The fourth-order valence-corrected chi connectivity index (χ4v) is 2.55. The van der Waals surface area contributed by atoms with E-state index in [1.54, 1.807) is 36.4 Å². The molecule has 0 bridgehead atoms.